The number of aliphatic hydroxyl groups is 1. The van der Waals surface area contributed by atoms with Crippen molar-refractivity contribution < 1.29 is 5.11 Å². The molecular weight excluding hydrogens is 214 g/mol. The van der Waals surface area contributed by atoms with Crippen LogP contribution in [0.4, 0.5) is 0 Å². The van der Waals surface area contributed by atoms with E-state index in [4.69, 9.17) is 0 Å². The standard InChI is InChI=1S/C13H17N3O/c1-14-11-8-12(15-2)16(3)13(17)10-7-5-4-6-9(10)11/h4-7,13,17H,8H2,1-3H3. The molecule has 0 saturated heterocycles. The minimum Gasteiger partial charge on any atom is -0.369 e. The van der Waals surface area contributed by atoms with Gasteiger partial charge in [-0.3, -0.25) is 9.98 Å². The molecule has 1 aliphatic heterocycles. The first kappa shape index (κ1) is 11.8. The lowest BCUT2D eigenvalue weighted by Crippen LogP contribution is -2.30. The third-order valence-electron chi connectivity index (χ3n) is 3.18. The summed E-state index contributed by atoms with van der Waals surface area (Å²) in [5.41, 5.74) is 2.85. The number of aliphatic hydroxyl groups excluding tert-OH is 1. The predicted octanol–water partition coefficient (Wildman–Crippen LogP) is 1.46. The molecular formula is C13H17N3O. The van der Waals surface area contributed by atoms with Crippen molar-refractivity contribution in [3.63, 3.8) is 0 Å². The van der Waals surface area contributed by atoms with E-state index in [0.29, 0.717) is 6.42 Å². The maximum absolute atomic E-state index is 10.3. The quantitative estimate of drug-likeness (QED) is 0.735. The Bertz CT molecular complexity index is 479. The molecule has 0 fully saturated rings. The summed E-state index contributed by atoms with van der Waals surface area (Å²) in [4.78, 5) is 10.3. The number of aliphatic imine (C=N–C) groups is 2. The number of hydrogen-bond donors (Lipinski definition) is 1. The summed E-state index contributed by atoms with van der Waals surface area (Å²) in [7, 11) is 5.36. The molecule has 1 heterocycles. The van der Waals surface area contributed by atoms with E-state index in [2.05, 4.69) is 9.98 Å². The molecule has 0 saturated carbocycles. The number of hydrogen-bond acceptors (Lipinski definition) is 3. The third-order valence-corrected chi connectivity index (χ3v) is 3.18. The number of benzene rings is 1. The monoisotopic (exact) mass is 231 g/mol. The average molecular weight is 231 g/mol. The Labute approximate surface area is 101 Å². The van der Waals surface area contributed by atoms with E-state index >= 15 is 0 Å². The molecule has 1 aromatic rings. The fourth-order valence-electron chi connectivity index (χ4n) is 2.14. The van der Waals surface area contributed by atoms with Crippen molar-refractivity contribution in [2.75, 3.05) is 21.1 Å². The zero-order valence-corrected chi connectivity index (χ0v) is 10.4. The van der Waals surface area contributed by atoms with Crippen LogP contribution in [0, 0.1) is 0 Å². The van der Waals surface area contributed by atoms with Crippen molar-refractivity contribution in [1.29, 1.82) is 0 Å². The molecule has 4 heteroatoms. The van der Waals surface area contributed by atoms with E-state index in [1.165, 1.54) is 0 Å². The molecule has 90 valence electrons. The van der Waals surface area contributed by atoms with Gasteiger partial charge in [-0.1, -0.05) is 24.3 Å². The Balaban J connectivity index is 2.60. The van der Waals surface area contributed by atoms with Crippen LogP contribution in [0.5, 0.6) is 0 Å². The van der Waals surface area contributed by atoms with E-state index in [9.17, 15) is 5.11 Å². The number of nitrogens with zero attached hydrogens (tertiary/aromatic N) is 3. The largest absolute Gasteiger partial charge is 0.369 e. The van der Waals surface area contributed by atoms with Gasteiger partial charge in [0, 0.05) is 44.4 Å². The SMILES string of the molecule is CN=C1CC(=NC)N(C)C(O)c2ccccc21. The van der Waals surface area contributed by atoms with E-state index < -0.39 is 6.23 Å². The van der Waals surface area contributed by atoms with Crippen LogP contribution < -0.4 is 0 Å². The summed E-state index contributed by atoms with van der Waals surface area (Å²) in [5, 5.41) is 10.3. The van der Waals surface area contributed by atoms with Gasteiger partial charge in [-0.25, -0.2) is 0 Å². The van der Waals surface area contributed by atoms with Crippen molar-refractivity contribution in [1.82, 2.24) is 4.90 Å². The van der Waals surface area contributed by atoms with Crippen molar-refractivity contribution in [3.8, 4) is 0 Å². The fourth-order valence-corrected chi connectivity index (χ4v) is 2.14. The van der Waals surface area contributed by atoms with Gasteiger partial charge >= 0.3 is 0 Å². The molecule has 4 nitrogen and oxygen atoms in total. The Morgan fingerprint density at radius 1 is 1.24 bits per heavy atom. The summed E-state index contributed by atoms with van der Waals surface area (Å²) in [6, 6.07) is 7.82. The van der Waals surface area contributed by atoms with Crippen LogP contribution in [0.25, 0.3) is 0 Å². The number of rotatable bonds is 0. The lowest BCUT2D eigenvalue weighted by Gasteiger charge is -2.24. The molecule has 1 aliphatic rings. The molecule has 0 aromatic heterocycles. The molecule has 1 N–H and O–H groups in total. The van der Waals surface area contributed by atoms with Gasteiger partial charge in [-0.15, -0.1) is 0 Å². The lowest BCUT2D eigenvalue weighted by molar-refractivity contribution is 0.0690. The highest BCUT2D eigenvalue weighted by molar-refractivity contribution is 6.13. The minimum atomic E-state index is -0.663. The maximum Gasteiger partial charge on any atom is 0.154 e. The molecule has 0 spiro atoms. The van der Waals surface area contributed by atoms with Gasteiger partial charge in [-0.05, 0) is 0 Å². The van der Waals surface area contributed by atoms with Crippen molar-refractivity contribution in [3.05, 3.63) is 35.4 Å². The molecule has 1 aromatic carbocycles. The first-order valence-corrected chi connectivity index (χ1v) is 5.60. The van der Waals surface area contributed by atoms with Gasteiger partial charge in [0.1, 0.15) is 5.84 Å². The Morgan fingerprint density at radius 3 is 2.59 bits per heavy atom. The second kappa shape index (κ2) is 4.67. The second-order valence-corrected chi connectivity index (χ2v) is 4.06. The van der Waals surface area contributed by atoms with E-state index in [0.717, 1.165) is 22.7 Å². The molecule has 2 rings (SSSR count). The molecule has 1 atom stereocenters. The molecule has 1 unspecified atom stereocenters. The predicted molar refractivity (Wildman–Crippen MR) is 69.6 cm³/mol. The molecule has 0 amide bonds. The summed E-state index contributed by atoms with van der Waals surface area (Å²) in [5.74, 6) is 0.842. The Morgan fingerprint density at radius 2 is 1.94 bits per heavy atom. The van der Waals surface area contributed by atoms with Gasteiger partial charge < -0.3 is 10.0 Å². The van der Waals surface area contributed by atoms with Gasteiger partial charge in [0.05, 0.1) is 0 Å². The van der Waals surface area contributed by atoms with Crippen LogP contribution in [0.1, 0.15) is 23.8 Å². The molecule has 0 aliphatic carbocycles. The molecule has 0 radical (unpaired) electrons. The molecule has 0 bridgehead atoms. The normalized spacial score (nSPS) is 24.9. The number of amidine groups is 1. The zero-order chi connectivity index (χ0) is 12.4. The average Bonchev–Trinajstić information content (AvgIpc) is 2.48. The second-order valence-electron chi connectivity index (χ2n) is 4.06. The van der Waals surface area contributed by atoms with E-state index in [1.807, 2.05) is 31.3 Å². The Kier molecular flexibility index (Phi) is 3.24. The van der Waals surface area contributed by atoms with Crippen LogP contribution in [-0.2, 0) is 0 Å². The van der Waals surface area contributed by atoms with E-state index in [1.54, 1.807) is 19.0 Å². The van der Waals surface area contributed by atoms with Crippen molar-refractivity contribution in [2.45, 2.75) is 12.6 Å². The zero-order valence-electron chi connectivity index (χ0n) is 10.4. The summed E-state index contributed by atoms with van der Waals surface area (Å²) in [6.45, 7) is 0. The van der Waals surface area contributed by atoms with Gasteiger partial charge in [0.25, 0.3) is 0 Å². The van der Waals surface area contributed by atoms with Gasteiger partial charge in [0.2, 0.25) is 0 Å². The van der Waals surface area contributed by atoms with Crippen LogP contribution >= 0.6 is 0 Å². The first-order chi connectivity index (χ1) is 8.19. The smallest absolute Gasteiger partial charge is 0.154 e. The Hall–Kier alpha value is -1.68. The lowest BCUT2D eigenvalue weighted by atomic mass is 10.0. The summed E-state index contributed by atoms with van der Waals surface area (Å²) in [6.07, 6.45) is -0.0125. The highest BCUT2D eigenvalue weighted by Gasteiger charge is 2.26. The number of fused-ring (bicyclic) bond motifs is 1. The first-order valence-electron chi connectivity index (χ1n) is 5.60. The summed E-state index contributed by atoms with van der Waals surface area (Å²) < 4.78 is 0. The fraction of sp³-hybridized carbons (Fsp3) is 0.385. The molecule has 17 heavy (non-hydrogen) atoms. The van der Waals surface area contributed by atoms with Crippen LogP contribution in [0.3, 0.4) is 0 Å². The van der Waals surface area contributed by atoms with Crippen molar-refractivity contribution >= 4 is 11.5 Å². The van der Waals surface area contributed by atoms with Crippen LogP contribution in [0.15, 0.2) is 34.3 Å². The minimum absolute atomic E-state index is 0.650. The summed E-state index contributed by atoms with van der Waals surface area (Å²) >= 11 is 0. The van der Waals surface area contributed by atoms with Gasteiger partial charge in [-0.2, -0.15) is 0 Å². The highest BCUT2D eigenvalue weighted by Crippen LogP contribution is 2.27. The highest BCUT2D eigenvalue weighted by atomic mass is 16.3. The third kappa shape index (κ3) is 1.96. The van der Waals surface area contributed by atoms with Crippen LogP contribution in [0.2, 0.25) is 0 Å². The van der Waals surface area contributed by atoms with Crippen LogP contribution in [-0.4, -0.2) is 42.7 Å². The topological polar surface area (TPSA) is 48.2 Å². The maximum atomic E-state index is 10.3. The van der Waals surface area contributed by atoms with E-state index in [-0.39, 0.29) is 0 Å². The van der Waals surface area contributed by atoms with Gasteiger partial charge in [0.15, 0.2) is 6.23 Å². The van der Waals surface area contributed by atoms with Crippen molar-refractivity contribution in [2.24, 2.45) is 9.98 Å².